The van der Waals surface area contributed by atoms with Gasteiger partial charge in [-0.25, -0.2) is 4.98 Å². The van der Waals surface area contributed by atoms with Crippen LogP contribution in [-0.2, 0) is 4.74 Å². The van der Waals surface area contributed by atoms with Crippen LogP contribution in [0.1, 0.15) is 17.3 Å². The molecule has 0 bridgehead atoms. The van der Waals surface area contributed by atoms with Crippen molar-refractivity contribution in [1.82, 2.24) is 9.88 Å². The SMILES string of the molecule is CCN(C(=O)c1ccc(-c2ccc(-c3cnco3)cc2)cc1)[C@H]1COC[C@@H]1O. The molecule has 1 amide bonds. The monoisotopic (exact) mass is 378 g/mol. The van der Waals surface area contributed by atoms with E-state index < -0.39 is 6.10 Å². The molecule has 3 aromatic rings. The van der Waals surface area contributed by atoms with Crippen LogP contribution in [0.25, 0.3) is 22.5 Å². The van der Waals surface area contributed by atoms with E-state index in [0.29, 0.717) is 18.7 Å². The maximum Gasteiger partial charge on any atom is 0.254 e. The molecular weight excluding hydrogens is 356 g/mol. The van der Waals surface area contributed by atoms with Crippen molar-refractivity contribution in [2.24, 2.45) is 0 Å². The van der Waals surface area contributed by atoms with Crippen LogP contribution < -0.4 is 0 Å². The summed E-state index contributed by atoms with van der Waals surface area (Å²) in [6.45, 7) is 3.08. The Kier molecular flexibility index (Phi) is 5.23. The molecule has 2 heterocycles. The third-order valence-corrected chi connectivity index (χ3v) is 5.09. The number of amides is 1. The van der Waals surface area contributed by atoms with Crippen LogP contribution >= 0.6 is 0 Å². The summed E-state index contributed by atoms with van der Waals surface area (Å²) in [6.07, 6.45) is 2.46. The predicted molar refractivity (Wildman–Crippen MR) is 105 cm³/mol. The summed E-state index contributed by atoms with van der Waals surface area (Å²) in [5.74, 6) is 0.634. The smallest absolute Gasteiger partial charge is 0.254 e. The van der Waals surface area contributed by atoms with Crippen molar-refractivity contribution < 1.29 is 19.1 Å². The highest BCUT2D eigenvalue weighted by Gasteiger charge is 2.34. The number of aliphatic hydroxyl groups excluding tert-OH is 1. The second-order valence-electron chi connectivity index (χ2n) is 6.78. The molecule has 1 aliphatic heterocycles. The lowest BCUT2D eigenvalue weighted by Gasteiger charge is -2.28. The maximum absolute atomic E-state index is 12.9. The first-order chi connectivity index (χ1) is 13.7. The number of likely N-dealkylation sites (N-methyl/N-ethyl adjacent to an activating group) is 1. The van der Waals surface area contributed by atoms with E-state index in [-0.39, 0.29) is 18.6 Å². The van der Waals surface area contributed by atoms with Crippen molar-refractivity contribution in [2.45, 2.75) is 19.1 Å². The maximum atomic E-state index is 12.9. The third kappa shape index (κ3) is 3.56. The van der Waals surface area contributed by atoms with E-state index in [0.717, 1.165) is 22.5 Å². The lowest BCUT2D eigenvalue weighted by molar-refractivity contribution is 0.0520. The van der Waals surface area contributed by atoms with Gasteiger partial charge in [0.15, 0.2) is 12.2 Å². The number of rotatable bonds is 5. The Balaban J connectivity index is 1.51. The lowest BCUT2D eigenvalue weighted by atomic mass is 10.0. The van der Waals surface area contributed by atoms with Gasteiger partial charge in [-0.05, 0) is 30.2 Å². The van der Waals surface area contributed by atoms with Gasteiger partial charge in [-0.3, -0.25) is 4.79 Å². The van der Waals surface area contributed by atoms with Crippen LogP contribution in [-0.4, -0.2) is 52.8 Å². The highest BCUT2D eigenvalue weighted by Crippen LogP contribution is 2.25. The van der Waals surface area contributed by atoms with Gasteiger partial charge in [0.2, 0.25) is 0 Å². The second kappa shape index (κ2) is 7.96. The molecule has 2 aromatic carbocycles. The van der Waals surface area contributed by atoms with Crippen molar-refractivity contribution in [1.29, 1.82) is 0 Å². The highest BCUT2D eigenvalue weighted by molar-refractivity contribution is 5.95. The molecule has 1 aliphatic rings. The molecule has 0 saturated carbocycles. The summed E-state index contributed by atoms with van der Waals surface area (Å²) in [7, 11) is 0. The Hall–Kier alpha value is -2.96. The Morgan fingerprint density at radius 1 is 1.07 bits per heavy atom. The van der Waals surface area contributed by atoms with Gasteiger partial charge in [0.1, 0.15) is 0 Å². The Morgan fingerprint density at radius 2 is 1.71 bits per heavy atom. The normalized spacial score (nSPS) is 18.9. The van der Waals surface area contributed by atoms with Crippen LogP contribution in [0.5, 0.6) is 0 Å². The number of carbonyl (C=O) groups is 1. The Bertz CT molecular complexity index is 920. The summed E-state index contributed by atoms with van der Waals surface area (Å²) in [5, 5.41) is 10.0. The number of aromatic nitrogens is 1. The molecule has 0 spiro atoms. The molecule has 1 N–H and O–H groups in total. The van der Waals surface area contributed by atoms with Gasteiger partial charge in [0, 0.05) is 17.7 Å². The highest BCUT2D eigenvalue weighted by atomic mass is 16.5. The summed E-state index contributed by atoms with van der Waals surface area (Å²) < 4.78 is 10.6. The number of aliphatic hydroxyl groups is 1. The number of benzene rings is 2. The summed E-state index contributed by atoms with van der Waals surface area (Å²) in [4.78, 5) is 18.5. The molecule has 0 radical (unpaired) electrons. The van der Waals surface area contributed by atoms with Crippen LogP contribution in [0.4, 0.5) is 0 Å². The first-order valence-corrected chi connectivity index (χ1v) is 9.33. The fourth-order valence-corrected chi connectivity index (χ4v) is 3.51. The van der Waals surface area contributed by atoms with Gasteiger partial charge in [-0.2, -0.15) is 0 Å². The van der Waals surface area contributed by atoms with Crippen molar-refractivity contribution >= 4 is 5.91 Å². The molecule has 6 nitrogen and oxygen atoms in total. The van der Waals surface area contributed by atoms with Crippen molar-refractivity contribution in [2.75, 3.05) is 19.8 Å². The zero-order chi connectivity index (χ0) is 19.5. The molecule has 1 aromatic heterocycles. The van der Waals surface area contributed by atoms with Gasteiger partial charge in [-0.1, -0.05) is 36.4 Å². The first-order valence-electron chi connectivity index (χ1n) is 9.33. The van der Waals surface area contributed by atoms with Crippen LogP contribution in [0.2, 0.25) is 0 Å². The predicted octanol–water partition coefficient (Wildman–Crippen LogP) is 3.23. The summed E-state index contributed by atoms with van der Waals surface area (Å²) >= 11 is 0. The van der Waals surface area contributed by atoms with Gasteiger partial charge < -0.3 is 19.2 Å². The fourth-order valence-electron chi connectivity index (χ4n) is 3.51. The molecule has 28 heavy (non-hydrogen) atoms. The average molecular weight is 378 g/mol. The number of oxazole rings is 1. The Morgan fingerprint density at radius 3 is 2.25 bits per heavy atom. The van der Waals surface area contributed by atoms with E-state index >= 15 is 0 Å². The fraction of sp³-hybridized carbons (Fsp3) is 0.273. The minimum Gasteiger partial charge on any atom is -0.444 e. The van der Waals surface area contributed by atoms with E-state index in [9.17, 15) is 9.90 Å². The van der Waals surface area contributed by atoms with E-state index in [4.69, 9.17) is 9.15 Å². The third-order valence-electron chi connectivity index (χ3n) is 5.09. The molecule has 6 heteroatoms. The zero-order valence-electron chi connectivity index (χ0n) is 15.6. The summed E-state index contributed by atoms with van der Waals surface area (Å²) in [5.41, 5.74) is 3.63. The van der Waals surface area contributed by atoms with Crippen molar-refractivity contribution in [3.63, 3.8) is 0 Å². The lowest BCUT2D eigenvalue weighted by Crippen LogP contribution is -2.46. The van der Waals surface area contributed by atoms with Crippen molar-refractivity contribution in [3.05, 3.63) is 66.7 Å². The second-order valence-corrected chi connectivity index (χ2v) is 6.78. The van der Waals surface area contributed by atoms with E-state index in [1.165, 1.54) is 6.39 Å². The summed E-state index contributed by atoms with van der Waals surface area (Å²) in [6, 6.07) is 15.2. The van der Waals surface area contributed by atoms with Crippen LogP contribution in [0.15, 0.2) is 65.5 Å². The molecule has 2 atom stereocenters. The molecule has 1 saturated heterocycles. The number of hydrogen-bond donors (Lipinski definition) is 1. The van der Waals surface area contributed by atoms with Crippen LogP contribution in [0, 0.1) is 0 Å². The van der Waals surface area contributed by atoms with E-state index in [1.807, 2.05) is 55.5 Å². The number of hydrogen-bond acceptors (Lipinski definition) is 5. The van der Waals surface area contributed by atoms with Crippen LogP contribution in [0.3, 0.4) is 0 Å². The molecule has 0 unspecified atom stereocenters. The van der Waals surface area contributed by atoms with Gasteiger partial charge in [0.05, 0.1) is 31.6 Å². The molecule has 0 aliphatic carbocycles. The molecule has 144 valence electrons. The number of ether oxygens (including phenoxy) is 1. The minimum absolute atomic E-state index is 0.0933. The molecule has 4 rings (SSSR count). The largest absolute Gasteiger partial charge is 0.444 e. The number of carbonyl (C=O) groups excluding carboxylic acids is 1. The topological polar surface area (TPSA) is 75.8 Å². The number of nitrogens with zero attached hydrogens (tertiary/aromatic N) is 2. The molecule has 1 fully saturated rings. The van der Waals surface area contributed by atoms with E-state index in [1.54, 1.807) is 11.1 Å². The zero-order valence-corrected chi connectivity index (χ0v) is 15.6. The average Bonchev–Trinajstić information content (AvgIpc) is 3.41. The van der Waals surface area contributed by atoms with Crippen molar-refractivity contribution in [3.8, 4) is 22.5 Å². The van der Waals surface area contributed by atoms with Gasteiger partial charge >= 0.3 is 0 Å². The van der Waals surface area contributed by atoms with Gasteiger partial charge in [-0.15, -0.1) is 0 Å². The van der Waals surface area contributed by atoms with Gasteiger partial charge in [0.25, 0.3) is 5.91 Å². The minimum atomic E-state index is -0.633. The Labute approximate surface area is 163 Å². The molecular formula is C22H22N2O4. The first kappa shape index (κ1) is 18.4. The standard InChI is InChI=1S/C22H22N2O4/c1-2-24(19-12-27-13-20(19)25)22(26)18-9-5-16(6-10-18)15-3-7-17(8-4-15)21-11-23-14-28-21/h3-11,14,19-20,25H,2,12-13H2,1H3/t19-,20-/m0/s1. The van der Waals surface area contributed by atoms with E-state index in [2.05, 4.69) is 4.98 Å². The quantitative estimate of drug-likeness (QED) is 0.738.